The van der Waals surface area contributed by atoms with Crippen molar-refractivity contribution in [3.63, 3.8) is 0 Å². The summed E-state index contributed by atoms with van der Waals surface area (Å²) >= 11 is 0. The predicted molar refractivity (Wildman–Crippen MR) is 93.4 cm³/mol. The average molecular weight is 367 g/mol. The molecule has 0 N–H and O–H groups in total. The summed E-state index contributed by atoms with van der Waals surface area (Å²) < 4.78 is 27.9. The molecule has 0 atom stereocenters. The lowest BCUT2D eigenvalue weighted by atomic mass is 10.1. The molecule has 0 aliphatic carbocycles. The van der Waals surface area contributed by atoms with E-state index >= 15 is 0 Å². The van der Waals surface area contributed by atoms with E-state index in [-0.39, 0.29) is 24.3 Å². The zero-order valence-corrected chi connectivity index (χ0v) is 15.1. The van der Waals surface area contributed by atoms with Gasteiger partial charge in [0.2, 0.25) is 0 Å². The van der Waals surface area contributed by atoms with Crippen molar-refractivity contribution in [3.05, 3.63) is 33.9 Å². The van der Waals surface area contributed by atoms with Crippen LogP contribution in [0, 0.1) is 21.4 Å². The SMILES string of the molecule is CCN(CC)S(=O)(=O)N1CCN(c2ccc(C#N)cc2[N+](=O)[O-])CC1. The molecule has 9 nitrogen and oxygen atoms in total. The van der Waals surface area contributed by atoms with Gasteiger partial charge in [0.1, 0.15) is 5.69 Å². The normalized spacial score (nSPS) is 16.0. The van der Waals surface area contributed by atoms with Crippen LogP contribution in [0.25, 0.3) is 0 Å². The van der Waals surface area contributed by atoms with Gasteiger partial charge >= 0.3 is 0 Å². The highest BCUT2D eigenvalue weighted by Gasteiger charge is 2.32. The van der Waals surface area contributed by atoms with Crippen LogP contribution in [0.5, 0.6) is 0 Å². The van der Waals surface area contributed by atoms with Crippen molar-refractivity contribution in [2.45, 2.75) is 13.8 Å². The first-order chi connectivity index (χ1) is 11.8. The third kappa shape index (κ3) is 3.89. The number of hydrogen-bond acceptors (Lipinski definition) is 6. The lowest BCUT2D eigenvalue weighted by Crippen LogP contribution is -2.53. The van der Waals surface area contributed by atoms with E-state index < -0.39 is 15.1 Å². The van der Waals surface area contributed by atoms with Gasteiger partial charge in [-0.05, 0) is 12.1 Å². The molecular formula is C15H21N5O4S. The van der Waals surface area contributed by atoms with E-state index in [1.54, 1.807) is 24.8 Å². The van der Waals surface area contributed by atoms with E-state index in [1.165, 1.54) is 20.7 Å². The lowest BCUT2D eigenvalue weighted by molar-refractivity contribution is -0.384. The number of benzene rings is 1. The van der Waals surface area contributed by atoms with Crippen molar-refractivity contribution < 1.29 is 13.3 Å². The molecule has 1 aliphatic heterocycles. The minimum Gasteiger partial charge on any atom is -0.363 e. The Balaban J connectivity index is 2.18. The summed E-state index contributed by atoms with van der Waals surface area (Å²) in [6, 6.07) is 6.21. The summed E-state index contributed by atoms with van der Waals surface area (Å²) in [5.74, 6) is 0. The van der Waals surface area contributed by atoms with E-state index in [4.69, 9.17) is 5.26 Å². The Hall–Kier alpha value is -2.22. The molecule has 1 aromatic carbocycles. The fourth-order valence-corrected chi connectivity index (χ4v) is 4.48. The second kappa shape index (κ2) is 7.77. The zero-order chi connectivity index (χ0) is 18.6. The molecule has 136 valence electrons. The number of rotatable bonds is 6. The molecule has 2 rings (SSSR count). The average Bonchev–Trinajstić information content (AvgIpc) is 2.62. The maximum Gasteiger partial charge on any atom is 0.293 e. The summed E-state index contributed by atoms with van der Waals surface area (Å²) in [5.41, 5.74) is 0.487. The van der Waals surface area contributed by atoms with Gasteiger partial charge < -0.3 is 4.90 Å². The van der Waals surface area contributed by atoms with Crippen LogP contribution < -0.4 is 4.90 Å². The van der Waals surface area contributed by atoms with Gasteiger partial charge in [-0.3, -0.25) is 10.1 Å². The maximum atomic E-state index is 12.5. The van der Waals surface area contributed by atoms with Crippen LogP contribution in [0.3, 0.4) is 0 Å². The molecular weight excluding hydrogens is 346 g/mol. The van der Waals surface area contributed by atoms with E-state index in [0.717, 1.165) is 0 Å². The van der Waals surface area contributed by atoms with Crippen molar-refractivity contribution >= 4 is 21.6 Å². The Kier molecular flexibility index (Phi) is 5.94. The molecule has 0 radical (unpaired) electrons. The first-order valence-electron chi connectivity index (χ1n) is 8.03. The fourth-order valence-electron chi connectivity index (χ4n) is 2.88. The first-order valence-corrected chi connectivity index (χ1v) is 9.43. The maximum absolute atomic E-state index is 12.5. The molecule has 0 bridgehead atoms. The van der Waals surface area contributed by atoms with Crippen LogP contribution in [-0.4, -0.2) is 61.2 Å². The van der Waals surface area contributed by atoms with Crippen molar-refractivity contribution in [3.8, 4) is 6.07 Å². The lowest BCUT2D eigenvalue weighted by Gasteiger charge is -2.37. The smallest absolute Gasteiger partial charge is 0.293 e. The number of nitro benzene ring substituents is 1. The van der Waals surface area contributed by atoms with Crippen LogP contribution >= 0.6 is 0 Å². The van der Waals surface area contributed by atoms with Gasteiger partial charge in [-0.2, -0.15) is 22.3 Å². The number of nitrogens with zero attached hydrogens (tertiary/aromatic N) is 5. The van der Waals surface area contributed by atoms with E-state index in [2.05, 4.69) is 0 Å². The van der Waals surface area contributed by atoms with Crippen LogP contribution in [0.4, 0.5) is 11.4 Å². The number of hydrogen-bond donors (Lipinski definition) is 0. The summed E-state index contributed by atoms with van der Waals surface area (Å²) in [7, 11) is -3.50. The monoisotopic (exact) mass is 367 g/mol. The molecule has 0 aromatic heterocycles. The van der Waals surface area contributed by atoms with Crippen molar-refractivity contribution in [1.29, 1.82) is 5.26 Å². The second-order valence-corrected chi connectivity index (χ2v) is 7.48. The predicted octanol–water partition coefficient (Wildman–Crippen LogP) is 1.18. The van der Waals surface area contributed by atoms with E-state index in [1.807, 2.05) is 6.07 Å². The van der Waals surface area contributed by atoms with Gasteiger partial charge in [0, 0.05) is 45.3 Å². The molecule has 1 aliphatic rings. The Morgan fingerprint density at radius 3 is 2.32 bits per heavy atom. The topological polar surface area (TPSA) is 111 Å². The largest absolute Gasteiger partial charge is 0.363 e. The molecule has 0 unspecified atom stereocenters. The Bertz CT molecular complexity index is 778. The van der Waals surface area contributed by atoms with Crippen LogP contribution in [0.15, 0.2) is 18.2 Å². The summed E-state index contributed by atoms with van der Waals surface area (Å²) in [6.45, 7) is 5.61. The van der Waals surface area contributed by atoms with Crippen LogP contribution in [0.2, 0.25) is 0 Å². The van der Waals surface area contributed by atoms with Gasteiger partial charge in [-0.25, -0.2) is 0 Å². The van der Waals surface area contributed by atoms with Crippen molar-refractivity contribution in [2.24, 2.45) is 0 Å². The molecule has 0 spiro atoms. The molecule has 1 fully saturated rings. The third-order valence-corrected chi connectivity index (χ3v) is 6.43. The summed E-state index contributed by atoms with van der Waals surface area (Å²) in [4.78, 5) is 12.5. The Labute approximate surface area is 147 Å². The van der Waals surface area contributed by atoms with Crippen LogP contribution in [-0.2, 0) is 10.2 Å². The van der Waals surface area contributed by atoms with Gasteiger partial charge in [0.15, 0.2) is 0 Å². The highest BCUT2D eigenvalue weighted by molar-refractivity contribution is 7.86. The van der Waals surface area contributed by atoms with Crippen molar-refractivity contribution in [1.82, 2.24) is 8.61 Å². The third-order valence-electron chi connectivity index (χ3n) is 4.24. The van der Waals surface area contributed by atoms with Gasteiger partial charge in [0.05, 0.1) is 16.6 Å². The van der Waals surface area contributed by atoms with Crippen LogP contribution in [0.1, 0.15) is 19.4 Å². The molecule has 0 saturated carbocycles. The molecule has 1 aromatic rings. The molecule has 25 heavy (non-hydrogen) atoms. The van der Waals surface area contributed by atoms with Gasteiger partial charge in [-0.15, -0.1) is 0 Å². The first kappa shape index (κ1) is 19.1. The highest BCUT2D eigenvalue weighted by atomic mass is 32.2. The highest BCUT2D eigenvalue weighted by Crippen LogP contribution is 2.30. The standard InChI is InChI=1S/C15H21N5O4S/c1-3-18(4-2)25(23,24)19-9-7-17(8-10-19)14-6-5-13(12-16)11-15(14)20(21)22/h5-6,11H,3-4,7-10H2,1-2H3. The van der Waals surface area contributed by atoms with Gasteiger partial charge in [-0.1, -0.05) is 13.8 Å². The second-order valence-electron chi connectivity index (χ2n) is 5.55. The fraction of sp³-hybridized carbons (Fsp3) is 0.533. The zero-order valence-electron chi connectivity index (χ0n) is 14.3. The minimum atomic E-state index is -3.50. The van der Waals surface area contributed by atoms with Gasteiger partial charge in [0.25, 0.3) is 15.9 Å². The number of nitro groups is 1. The summed E-state index contributed by atoms with van der Waals surface area (Å²) in [6.07, 6.45) is 0. The van der Waals surface area contributed by atoms with E-state index in [9.17, 15) is 18.5 Å². The number of piperazine rings is 1. The number of nitriles is 1. The number of anilines is 1. The quantitative estimate of drug-likeness (QED) is 0.551. The molecule has 1 saturated heterocycles. The molecule has 0 amide bonds. The summed E-state index contributed by atoms with van der Waals surface area (Å²) in [5, 5.41) is 20.2. The van der Waals surface area contributed by atoms with E-state index in [0.29, 0.717) is 31.9 Å². The van der Waals surface area contributed by atoms with Crippen molar-refractivity contribution in [2.75, 3.05) is 44.2 Å². The minimum absolute atomic E-state index is 0.140. The molecule has 1 heterocycles. The Morgan fingerprint density at radius 1 is 1.24 bits per heavy atom. The Morgan fingerprint density at radius 2 is 1.84 bits per heavy atom. The molecule has 10 heteroatoms.